The van der Waals surface area contributed by atoms with Crippen molar-refractivity contribution in [1.82, 2.24) is 15.1 Å². The molecule has 1 aromatic carbocycles. The van der Waals surface area contributed by atoms with Crippen molar-refractivity contribution in [3.05, 3.63) is 35.4 Å². The molecule has 148 valence electrons. The summed E-state index contributed by atoms with van der Waals surface area (Å²) in [7, 11) is 0. The van der Waals surface area contributed by atoms with E-state index in [1.807, 2.05) is 0 Å². The molecule has 2 heterocycles. The number of piperidine rings is 1. The Kier molecular flexibility index (Phi) is 5.15. The van der Waals surface area contributed by atoms with E-state index in [2.05, 4.69) is 5.32 Å². The van der Waals surface area contributed by atoms with Crippen LogP contribution >= 0.6 is 0 Å². The van der Waals surface area contributed by atoms with Gasteiger partial charge in [-0.15, -0.1) is 0 Å². The van der Waals surface area contributed by atoms with E-state index in [4.69, 9.17) is 0 Å². The third kappa shape index (κ3) is 3.93. The number of nitrogens with zero attached hydrogens (tertiary/aromatic N) is 2. The molecule has 7 nitrogen and oxygen atoms in total. The lowest BCUT2D eigenvalue weighted by atomic mass is 9.93. The van der Waals surface area contributed by atoms with Gasteiger partial charge in [0.1, 0.15) is 6.54 Å². The van der Waals surface area contributed by atoms with Gasteiger partial charge in [0.25, 0.3) is 11.8 Å². The molecule has 1 aliphatic carbocycles. The highest BCUT2D eigenvalue weighted by Crippen LogP contribution is 2.25. The maximum Gasteiger partial charge on any atom is 0.262 e. The highest BCUT2D eigenvalue weighted by atomic mass is 16.2. The summed E-state index contributed by atoms with van der Waals surface area (Å²) < 4.78 is 0. The minimum atomic E-state index is -0.403. The maximum absolute atomic E-state index is 12.7. The molecule has 1 aromatic rings. The average molecular weight is 383 g/mol. The third-order valence-electron chi connectivity index (χ3n) is 5.77. The summed E-state index contributed by atoms with van der Waals surface area (Å²) in [6.45, 7) is 0.993. The van der Waals surface area contributed by atoms with Gasteiger partial charge in [-0.25, -0.2) is 0 Å². The molecule has 1 saturated carbocycles. The van der Waals surface area contributed by atoms with Crippen LogP contribution in [-0.4, -0.2) is 59.1 Å². The quantitative estimate of drug-likeness (QED) is 0.756. The largest absolute Gasteiger partial charge is 0.353 e. The Morgan fingerprint density at radius 1 is 1.04 bits per heavy atom. The minimum absolute atomic E-state index is 0.0944. The number of carbonyl (C=O) groups excluding carboxylic acids is 4. The van der Waals surface area contributed by atoms with Crippen molar-refractivity contribution < 1.29 is 19.2 Å². The van der Waals surface area contributed by atoms with Gasteiger partial charge >= 0.3 is 0 Å². The smallest absolute Gasteiger partial charge is 0.262 e. The van der Waals surface area contributed by atoms with Gasteiger partial charge in [0.2, 0.25) is 11.8 Å². The number of carbonyl (C=O) groups is 4. The van der Waals surface area contributed by atoms with Crippen LogP contribution in [-0.2, 0) is 9.59 Å². The van der Waals surface area contributed by atoms with Crippen LogP contribution in [0.15, 0.2) is 24.3 Å². The Labute approximate surface area is 164 Å². The van der Waals surface area contributed by atoms with Gasteiger partial charge in [-0.1, -0.05) is 12.1 Å². The highest BCUT2D eigenvalue weighted by Gasteiger charge is 2.37. The summed E-state index contributed by atoms with van der Waals surface area (Å²) in [6, 6.07) is 7.03. The molecule has 3 aliphatic rings. The predicted molar refractivity (Wildman–Crippen MR) is 102 cm³/mol. The molecular weight excluding hydrogens is 358 g/mol. The summed E-state index contributed by atoms with van der Waals surface area (Å²) >= 11 is 0. The van der Waals surface area contributed by atoms with Crippen molar-refractivity contribution >= 4 is 23.6 Å². The molecule has 4 amide bonds. The van der Waals surface area contributed by atoms with Crippen molar-refractivity contribution in [2.24, 2.45) is 5.92 Å². The lowest BCUT2D eigenvalue weighted by Crippen LogP contribution is -2.46. The number of benzene rings is 1. The summed E-state index contributed by atoms with van der Waals surface area (Å²) in [4.78, 5) is 52.3. The van der Waals surface area contributed by atoms with Gasteiger partial charge in [0, 0.05) is 25.6 Å². The molecule has 1 saturated heterocycles. The molecule has 0 unspecified atom stereocenters. The molecule has 1 atom stereocenters. The Bertz CT molecular complexity index is 783. The Balaban J connectivity index is 1.30. The molecule has 28 heavy (non-hydrogen) atoms. The van der Waals surface area contributed by atoms with Crippen LogP contribution in [0, 0.1) is 5.92 Å². The van der Waals surface area contributed by atoms with Crippen LogP contribution in [0.2, 0.25) is 0 Å². The molecule has 2 fully saturated rings. The molecule has 0 bridgehead atoms. The second-order valence-electron chi connectivity index (χ2n) is 7.97. The lowest BCUT2D eigenvalue weighted by Gasteiger charge is -2.33. The van der Waals surface area contributed by atoms with Gasteiger partial charge in [-0.05, 0) is 50.2 Å². The molecule has 0 aromatic heterocycles. The van der Waals surface area contributed by atoms with E-state index in [0.717, 1.165) is 37.0 Å². The first kappa shape index (κ1) is 18.7. The number of hydrogen-bond donors (Lipinski definition) is 1. The normalized spacial score (nSPS) is 21.6. The highest BCUT2D eigenvalue weighted by molar-refractivity contribution is 6.22. The summed E-state index contributed by atoms with van der Waals surface area (Å²) in [5.41, 5.74) is 0.719. The average Bonchev–Trinajstić information content (AvgIpc) is 3.49. The van der Waals surface area contributed by atoms with E-state index >= 15 is 0 Å². The van der Waals surface area contributed by atoms with E-state index in [1.54, 1.807) is 29.2 Å². The van der Waals surface area contributed by atoms with Crippen LogP contribution in [0.4, 0.5) is 0 Å². The van der Waals surface area contributed by atoms with E-state index in [9.17, 15) is 19.2 Å². The molecule has 4 rings (SSSR count). The number of fused-ring (bicyclic) bond motifs is 1. The van der Waals surface area contributed by atoms with Crippen LogP contribution in [0.25, 0.3) is 0 Å². The fourth-order valence-electron chi connectivity index (χ4n) is 4.01. The fourth-order valence-corrected chi connectivity index (χ4v) is 4.01. The van der Waals surface area contributed by atoms with Gasteiger partial charge in [0.05, 0.1) is 11.1 Å². The van der Waals surface area contributed by atoms with E-state index in [1.165, 1.54) is 0 Å². The maximum atomic E-state index is 12.7. The van der Waals surface area contributed by atoms with E-state index in [0.29, 0.717) is 36.7 Å². The molecule has 1 N–H and O–H groups in total. The van der Waals surface area contributed by atoms with Crippen LogP contribution in [0.3, 0.4) is 0 Å². The number of rotatable bonds is 6. The number of amides is 4. The summed E-state index contributed by atoms with van der Waals surface area (Å²) in [6.07, 6.45) is 5.28. The zero-order valence-electron chi connectivity index (χ0n) is 15.9. The second-order valence-corrected chi connectivity index (χ2v) is 7.97. The minimum Gasteiger partial charge on any atom is -0.353 e. The molecular formula is C21H25N3O4. The number of imide groups is 1. The van der Waals surface area contributed by atoms with Crippen LogP contribution in [0.5, 0.6) is 0 Å². The van der Waals surface area contributed by atoms with Crippen molar-refractivity contribution in [3.63, 3.8) is 0 Å². The van der Waals surface area contributed by atoms with Crippen molar-refractivity contribution in [2.75, 3.05) is 19.6 Å². The number of hydrogen-bond acceptors (Lipinski definition) is 4. The van der Waals surface area contributed by atoms with Gasteiger partial charge < -0.3 is 10.2 Å². The molecule has 0 radical (unpaired) electrons. The third-order valence-corrected chi connectivity index (χ3v) is 5.77. The van der Waals surface area contributed by atoms with Gasteiger partial charge in [-0.2, -0.15) is 0 Å². The first-order valence-electron chi connectivity index (χ1n) is 10.1. The van der Waals surface area contributed by atoms with Crippen LogP contribution in [0.1, 0.15) is 59.2 Å². The zero-order chi connectivity index (χ0) is 19.7. The fraction of sp³-hybridized carbons (Fsp3) is 0.524. The van der Waals surface area contributed by atoms with Crippen molar-refractivity contribution in [2.45, 2.75) is 44.6 Å². The first-order chi connectivity index (χ1) is 13.5. The number of nitrogens with one attached hydrogen (secondary N) is 1. The molecule has 0 spiro atoms. The molecule has 7 heteroatoms. The number of likely N-dealkylation sites (tertiary alicyclic amines) is 1. The zero-order valence-corrected chi connectivity index (χ0v) is 15.9. The standard InChI is InChI=1S/C21H25N3O4/c25-18(22-15-8-9-15)10-7-14-4-3-11-23(12-14)19(26)13-24-20(27)16-5-1-2-6-17(16)21(24)28/h1-2,5-6,14-15H,3-4,7-13H2,(H,22,25)/t14-/m0/s1. The predicted octanol–water partition coefficient (Wildman–Crippen LogP) is 1.58. The Morgan fingerprint density at radius 2 is 1.71 bits per heavy atom. The SMILES string of the molecule is O=C(CC[C@@H]1CCCN(C(=O)CN2C(=O)c3ccccc3C2=O)C1)NC1CC1. The monoisotopic (exact) mass is 383 g/mol. The molecule has 2 aliphatic heterocycles. The summed E-state index contributed by atoms with van der Waals surface area (Å²) in [5, 5.41) is 2.99. The Hall–Kier alpha value is -2.70. The van der Waals surface area contributed by atoms with E-state index < -0.39 is 11.8 Å². The summed E-state index contributed by atoms with van der Waals surface area (Å²) in [5.74, 6) is -0.637. The van der Waals surface area contributed by atoms with Gasteiger partial charge in [-0.3, -0.25) is 24.1 Å². The van der Waals surface area contributed by atoms with Gasteiger partial charge in [0.15, 0.2) is 0 Å². The lowest BCUT2D eigenvalue weighted by molar-refractivity contribution is -0.133. The first-order valence-corrected chi connectivity index (χ1v) is 10.1. The second kappa shape index (κ2) is 7.73. The van der Waals surface area contributed by atoms with E-state index in [-0.39, 0.29) is 24.3 Å². The topological polar surface area (TPSA) is 86.8 Å². The van der Waals surface area contributed by atoms with Crippen molar-refractivity contribution in [3.8, 4) is 0 Å². The Morgan fingerprint density at radius 3 is 2.36 bits per heavy atom. The van der Waals surface area contributed by atoms with Crippen molar-refractivity contribution in [1.29, 1.82) is 0 Å². The van der Waals surface area contributed by atoms with Crippen LogP contribution < -0.4 is 5.32 Å².